The zero-order valence-corrected chi connectivity index (χ0v) is 22.4. The molecule has 2 aliphatic heterocycles. The van der Waals surface area contributed by atoms with Gasteiger partial charge in [0.15, 0.2) is 0 Å². The number of fused-ring (bicyclic) bond motifs is 2. The van der Waals surface area contributed by atoms with Gasteiger partial charge in [0.2, 0.25) is 0 Å². The number of aliphatic hydroxyl groups is 1. The Balaban J connectivity index is 1.16. The van der Waals surface area contributed by atoms with Gasteiger partial charge in [0.1, 0.15) is 36.0 Å². The molecular formula is C29H29N9O2. The normalized spacial score (nSPS) is 19.0. The molecule has 1 N–H and O–H groups in total. The molecule has 0 bridgehead atoms. The minimum Gasteiger partial charge on any atom is -0.489 e. The maximum absolute atomic E-state index is 10.1. The fourth-order valence-corrected chi connectivity index (χ4v) is 5.59. The Morgan fingerprint density at radius 2 is 1.80 bits per heavy atom. The lowest BCUT2D eigenvalue weighted by molar-refractivity contribution is 0.0283. The zero-order chi connectivity index (χ0) is 27.9. The number of hydrogen-bond acceptors (Lipinski definition) is 10. The van der Waals surface area contributed by atoms with Gasteiger partial charge in [-0.2, -0.15) is 15.6 Å². The van der Waals surface area contributed by atoms with Crippen LogP contribution in [0.3, 0.4) is 0 Å². The van der Waals surface area contributed by atoms with E-state index in [1.54, 1.807) is 49.2 Å². The molecule has 4 aromatic heterocycles. The molecule has 40 heavy (non-hydrogen) atoms. The number of nitrogens with zero attached hydrogens (tertiary/aromatic N) is 9. The molecule has 0 aromatic carbocycles. The number of aromatic nitrogens is 5. The Morgan fingerprint density at radius 1 is 1.00 bits per heavy atom. The van der Waals surface area contributed by atoms with E-state index in [0.717, 1.165) is 44.1 Å². The van der Waals surface area contributed by atoms with Gasteiger partial charge in [0.05, 0.1) is 47.2 Å². The minimum absolute atomic E-state index is 0.105. The predicted octanol–water partition coefficient (Wildman–Crippen LogP) is 2.65. The Bertz CT molecular complexity index is 1600. The summed E-state index contributed by atoms with van der Waals surface area (Å²) in [5, 5.41) is 33.0. The molecule has 202 valence electrons. The van der Waals surface area contributed by atoms with Crippen molar-refractivity contribution < 1.29 is 9.84 Å². The van der Waals surface area contributed by atoms with Crippen LogP contribution in [0.1, 0.15) is 30.7 Å². The highest BCUT2D eigenvalue weighted by Gasteiger charge is 2.40. The van der Waals surface area contributed by atoms with Gasteiger partial charge >= 0.3 is 0 Å². The van der Waals surface area contributed by atoms with Crippen LogP contribution >= 0.6 is 0 Å². The molecule has 11 heteroatoms. The third kappa shape index (κ3) is 5.17. The average molecular weight is 536 g/mol. The van der Waals surface area contributed by atoms with Crippen LogP contribution in [0, 0.1) is 34.5 Å². The van der Waals surface area contributed by atoms with E-state index in [2.05, 4.69) is 32.0 Å². The molecular weight excluding hydrogens is 506 g/mol. The molecule has 2 atom stereocenters. The zero-order valence-electron chi connectivity index (χ0n) is 22.4. The molecule has 2 fully saturated rings. The number of hydrogen-bond donors (Lipinski definition) is 1. The van der Waals surface area contributed by atoms with Crippen molar-refractivity contribution in [3.05, 3.63) is 66.0 Å². The van der Waals surface area contributed by atoms with E-state index >= 15 is 0 Å². The summed E-state index contributed by atoms with van der Waals surface area (Å²) in [4.78, 5) is 18.4. The highest BCUT2D eigenvalue weighted by Crippen LogP contribution is 2.35. The summed E-state index contributed by atoms with van der Waals surface area (Å²) < 4.78 is 7.42. The highest BCUT2D eigenvalue weighted by molar-refractivity contribution is 5.83. The lowest BCUT2D eigenvalue weighted by Crippen LogP contribution is -2.29. The first-order valence-corrected chi connectivity index (χ1v) is 13.2. The van der Waals surface area contributed by atoms with Crippen LogP contribution in [-0.4, -0.2) is 73.0 Å². The molecule has 0 aliphatic carbocycles. The molecule has 2 saturated heterocycles. The molecule has 0 radical (unpaired) electrons. The number of pyridine rings is 2. The largest absolute Gasteiger partial charge is 0.489 e. The maximum Gasteiger partial charge on any atom is 0.147 e. The Hall–Kier alpha value is -4.58. The van der Waals surface area contributed by atoms with Crippen molar-refractivity contribution in [3.8, 4) is 29.1 Å². The van der Waals surface area contributed by atoms with Gasteiger partial charge in [-0.15, -0.1) is 0 Å². The molecule has 4 aromatic rings. The van der Waals surface area contributed by atoms with Crippen LogP contribution in [0.25, 0.3) is 16.8 Å². The van der Waals surface area contributed by atoms with Crippen molar-refractivity contribution in [3.63, 3.8) is 0 Å². The number of anilines is 1. The maximum atomic E-state index is 10.1. The fourth-order valence-electron chi connectivity index (χ4n) is 5.59. The second-order valence-electron chi connectivity index (χ2n) is 11.2. The number of likely N-dealkylation sites (tertiary alicyclic amines) is 1. The summed E-state index contributed by atoms with van der Waals surface area (Å²) in [7, 11) is 0. The van der Waals surface area contributed by atoms with E-state index in [4.69, 9.17) is 20.0 Å². The van der Waals surface area contributed by atoms with Crippen molar-refractivity contribution in [2.75, 3.05) is 37.7 Å². The second kappa shape index (κ2) is 10.2. The van der Waals surface area contributed by atoms with Gasteiger partial charge in [-0.05, 0) is 43.4 Å². The van der Waals surface area contributed by atoms with Crippen LogP contribution in [0.5, 0.6) is 5.75 Å². The molecule has 0 amide bonds. The summed E-state index contributed by atoms with van der Waals surface area (Å²) in [5.41, 5.74) is 2.94. The lowest BCUT2D eigenvalue weighted by Gasteiger charge is -2.22. The molecule has 11 nitrogen and oxygen atoms in total. The highest BCUT2D eigenvalue weighted by atomic mass is 16.5. The van der Waals surface area contributed by atoms with Gasteiger partial charge in [-0.25, -0.2) is 14.5 Å². The SMILES string of the molecule is CC(C)(O)COc1cc(-c2cnc(N3C[C@H]4CN(Cc5ccc(C#N)nc5)C[C@H]4C3)cn2)c2c(C#N)cnn2c1. The lowest BCUT2D eigenvalue weighted by atomic mass is 10.0. The third-order valence-corrected chi connectivity index (χ3v) is 7.44. The topological polar surface area (TPSA) is 139 Å². The van der Waals surface area contributed by atoms with E-state index < -0.39 is 5.60 Å². The van der Waals surface area contributed by atoms with Crippen LogP contribution in [0.2, 0.25) is 0 Å². The van der Waals surface area contributed by atoms with E-state index in [0.29, 0.717) is 45.6 Å². The average Bonchev–Trinajstić information content (AvgIpc) is 3.65. The second-order valence-corrected chi connectivity index (χ2v) is 11.2. The summed E-state index contributed by atoms with van der Waals surface area (Å²) in [6, 6.07) is 9.83. The van der Waals surface area contributed by atoms with Gasteiger partial charge in [0, 0.05) is 44.5 Å². The van der Waals surface area contributed by atoms with Crippen LogP contribution in [-0.2, 0) is 6.54 Å². The van der Waals surface area contributed by atoms with Crippen LogP contribution < -0.4 is 9.64 Å². The van der Waals surface area contributed by atoms with Gasteiger partial charge in [-0.3, -0.25) is 9.88 Å². The summed E-state index contributed by atoms with van der Waals surface area (Å²) in [5.74, 6) is 2.46. The van der Waals surface area contributed by atoms with E-state index in [9.17, 15) is 10.4 Å². The molecule has 2 aliphatic rings. The first-order chi connectivity index (χ1) is 19.3. The van der Waals surface area contributed by atoms with Crippen molar-refractivity contribution in [2.24, 2.45) is 11.8 Å². The van der Waals surface area contributed by atoms with E-state index in [1.165, 1.54) is 6.20 Å². The standard InChI is InChI=1S/C29H29N9O2/c1-29(2,39)18-40-24-5-25(28-20(6-30)9-35-38(28)17-24)26-10-34-27(11-33-26)37-15-21-13-36(14-22(21)16-37)12-19-3-4-23(7-31)32-8-19/h3-5,8-11,17,21-22,39H,12-16,18H2,1-2H3/t21-,22+. The van der Waals surface area contributed by atoms with E-state index in [1.807, 2.05) is 12.1 Å². The Labute approximate surface area is 231 Å². The number of nitriles is 2. The van der Waals surface area contributed by atoms with E-state index in [-0.39, 0.29) is 6.61 Å². The Morgan fingerprint density at radius 3 is 2.42 bits per heavy atom. The van der Waals surface area contributed by atoms with Crippen molar-refractivity contribution in [2.45, 2.75) is 26.0 Å². The molecule has 0 spiro atoms. The number of rotatable bonds is 7. The summed E-state index contributed by atoms with van der Waals surface area (Å²) >= 11 is 0. The number of ether oxygens (including phenoxy) is 1. The Kier molecular flexibility index (Phi) is 6.54. The molecule has 6 rings (SSSR count). The van der Waals surface area contributed by atoms with Crippen molar-refractivity contribution in [1.29, 1.82) is 10.5 Å². The van der Waals surface area contributed by atoms with Gasteiger partial charge < -0.3 is 14.7 Å². The monoisotopic (exact) mass is 535 g/mol. The predicted molar refractivity (Wildman–Crippen MR) is 146 cm³/mol. The van der Waals surface area contributed by atoms with Gasteiger partial charge in [-0.1, -0.05) is 6.07 Å². The van der Waals surface area contributed by atoms with Crippen molar-refractivity contribution in [1.82, 2.24) is 29.5 Å². The first kappa shape index (κ1) is 25.7. The molecule has 0 unspecified atom stereocenters. The van der Waals surface area contributed by atoms with Gasteiger partial charge in [0.25, 0.3) is 0 Å². The quantitative estimate of drug-likeness (QED) is 0.376. The molecule has 0 saturated carbocycles. The van der Waals surface area contributed by atoms with Crippen LogP contribution in [0.15, 0.2) is 49.2 Å². The van der Waals surface area contributed by atoms with Crippen LogP contribution in [0.4, 0.5) is 5.82 Å². The van der Waals surface area contributed by atoms with Crippen molar-refractivity contribution >= 4 is 11.3 Å². The third-order valence-electron chi connectivity index (χ3n) is 7.44. The fraction of sp³-hybridized carbons (Fsp3) is 0.379. The molecule has 6 heterocycles. The first-order valence-electron chi connectivity index (χ1n) is 13.2. The minimum atomic E-state index is -0.996. The summed E-state index contributed by atoms with van der Waals surface area (Å²) in [6.45, 7) is 8.17. The summed E-state index contributed by atoms with van der Waals surface area (Å²) in [6.07, 6.45) is 8.53. The smallest absolute Gasteiger partial charge is 0.147 e.